The fourth-order valence-electron chi connectivity index (χ4n) is 1.64. The molecule has 17 heavy (non-hydrogen) atoms. The summed E-state index contributed by atoms with van der Waals surface area (Å²) in [5.74, 6) is -0.302. The minimum Gasteiger partial charge on any atom is -0.507 e. The van der Waals surface area contributed by atoms with Gasteiger partial charge in [0.15, 0.2) is 0 Å². The van der Waals surface area contributed by atoms with Crippen LogP contribution in [0.15, 0.2) is 18.2 Å². The maximum Gasteiger partial charge on any atom is 0.254 e. The van der Waals surface area contributed by atoms with Gasteiger partial charge in [0, 0.05) is 18.7 Å². The van der Waals surface area contributed by atoms with Crippen molar-refractivity contribution in [1.82, 2.24) is 10.2 Å². The quantitative estimate of drug-likeness (QED) is 0.731. The predicted molar refractivity (Wildman–Crippen MR) is 69.7 cm³/mol. The van der Waals surface area contributed by atoms with Crippen molar-refractivity contribution in [2.75, 3.05) is 19.6 Å². The first kappa shape index (κ1) is 12.2. The topological polar surface area (TPSA) is 69.6 Å². The maximum atomic E-state index is 12.0. The molecule has 0 saturated carbocycles. The number of halogens is 1. The number of carbonyl (C=O) groups excluding carboxylic acids is 2. The van der Waals surface area contributed by atoms with Gasteiger partial charge in [0.2, 0.25) is 5.91 Å². The number of piperazine rings is 1. The van der Waals surface area contributed by atoms with E-state index in [0.29, 0.717) is 22.2 Å². The van der Waals surface area contributed by atoms with E-state index in [2.05, 4.69) is 5.32 Å². The third kappa shape index (κ3) is 2.68. The number of nitrogens with one attached hydrogen (secondary N) is 1. The second kappa shape index (κ2) is 4.91. The molecule has 0 bridgehead atoms. The molecule has 1 aliphatic rings. The number of phenols is 1. The summed E-state index contributed by atoms with van der Waals surface area (Å²) in [5, 5.41) is 12.2. The fourth-order valence-corrected chi connectivity index (χ4v) is 1.98. The Morgan fingerprint density at radius 3 is 2.88 bits per heavy atom. The first-order valence-corrected chi connectivity index (χ1v) is 6.20. The predicted octanol–water partition coefficient (Wildman–Crippen LogP) is 0.569. The van der Waals surface area contributed by atoms with Gasteiger partial charge in [-0.1, -0.05) is 0 Å². The normalized spacial score (nSPS) is 15.6. The number of hydrogen-bond acceptors (Lipinski definition) is 3. The van der Waals surface area contributed by atoms with Crippen molar-refractivity contribution in [2.24, 2.45) is 0 Å². The zero-order valence-corrected chi connectivity index (χ0v) is 11.1. The largest absolute Gasteiger partial charge is 0.507 e. The number of phenolic OH excluding ortho intramolecular Hbond substituents is 1. The fraction of sp³-hybridized carbons (Fsp3) is 0.273. The van der Waals surface area contributed by atoms with E-state index in [1.54, 1.807) is 12.1 Å². The number of nitrogens with zero attached hydrogens (tertiary/aromatic N) is 1. The average Bonchev–Trinajstić information content (AvgIpc) is 2.32. The van der Waals surface area contributed by atoms with Gasteiger partial charge in [-0.25, -0.2) is 0 Å². The van der Waals surface area contributed by atoms with Crippen LogP contribution in [0.5, 0.6) is 5.75 Å². The lowest BCUT2D eigenvalue weighted by Crippen LogP contribution is -2.49. The van der Waals surface area contributed by atoms with E-state index in [-0.39, 0.29) is 24.1 Å². The molecule has 0 aliphatic carbocycles. The molecule has 1 aliphatic heterocycles. The van der Waals surface area contributed by atoms with E-state index in [0.717, 1.165) is 0 Å². The van der Waals surface area contributed by atoms with Crippen LogP contribution in [0.1, 0.15) is 10.4 Å². The molecule has 90 valence electrons. The van der Waals surface area contributed by atoms with E-state index in [4.69, 9.17) is 0 Å². The number of amides is 2. The lowest BCUT2D eigenvalue weighted by Gasteiger charge is -2.26. The van der Waals surface area contributed by atoms with Crippen molar-refractivity contribution in [3.05, 3.63) is 27.3 Å². The van der Waals surface area contributed by atoms with Gasteiger partial charge in [0.1, 0.15) is 5.75 Å². The molecule has 0 aromatic heterocycles. The van der Waals surface area contributed by atoms with Gasteiger partial charge in [-0.15, -0.1) is 0 Å². The number of benzene rings is 1. The van der Waals surface area contributed by atoms with E-state index in [1.807, 2.05) is 22.6 Å². The van der Waals surface area contributed by atoms with Crippen LogP contribution in [0.3, 0.4) is 0 Å². The number of rotatable bonds is 1. The highest BCUT2D eigenvalue weighted by atomic mass is 127. The summed E-state index contributed by atoms with van der Waals surface area (Å²) < 4.78 is 0.690. The molecule has 1 fully saturated rings. The zero-order valence-electron chi connectivity index (χ0n) is 8.94. The lowest BCUT2D eigenvalue weighted by atomic mass is 10.1. The Morgan fingerprint density at radius 2 is 2.24 bits per heavy atom. The van der Waals surface area contributed by atoms with Crippen molar-refractivity contribution in [3.63, 3.8) is 0 Å². The summed E-state index contributed by atoms with van der Waals surface area (Å²) in [4.78, 5) is 24.7. The monoisotopic (exact) mass is 346 g/mol. The summed E-state index contributed by atoms with van der Waals surface area (Å²) in [6.07, 6.45) is 0. The third-order valence-corrected chi connectivity index (χ3v) is 3.43. The summed E-state index contributed by atoms with van der Waals surface area (Å²) in [6, 6.07) is 4.75. The van der Waals surface area contributed by atoms with Crippen LogP contribution in [0, 0.1) is 3.57 Å². The summed E-state index contributed by atoms with van der Waals surface area (Å²) in [5.41, 5.74) is 0.401. The van der Waals surface area contributed by atoms with Crippen molar-refractivity contribution >= 4 is 34.4 Å². The standard InChI is InChI=1S/C11H11IN2O3/c12-8-2-1-7(5-9(8)15)11(17)14-4-3-13-10(16)6-14/h1-2,5,15H,3-4,6H2,(H,13,16). The summed E-state index contributed by atoms with van der Waals surface area (Å²) >= 11 is 1.98. The Hall–Kier alpha value is -1.31. The molecule has 2 N–H and O–H groups in total. The van der Waals surface area contributed by atoms with Crippen molar-refractivity contribution in [1.29, 1.82) is 0 Å². The van der Waals surface area contributed by atoms with Crippen LogP contribution in [0.4, 0.5) is 0 Å². The van der Waals surface area contributed by atoms with Crippen LogP contribution >= 0.6 is 22.6 Å². The molecular formula is C11H11IN2O3. The molecule has 0 radical (unpaired) electrons. The molecule has 5 nitrogen and oxygen atoms in total. The summed E-state index contributed by atoms with van der Waals surface area (Å²) in [6.45, 7) is 1.05. The van der Waals surface area contributed by atoms with Gasteiger partial charge >= 0.3 is 0 Å². The highest BCUT2D eigenvalue weighted by Gasteiger charge is 2.22. The van der Waals surface area contributed by atoms with Crippen molar-refractivity contribution < 1.29 is 14.7 Å². The lowest BCUT2D eigenvalue weighted by molar-refractivity contribution is -0.123. The molecule has 0 spiro atoms. The first-order chi connectivity index (χ1) is 8.08. The van der Waals surface area contributed by atoms with Crippen LogP contribution < -0.4 is 5.32 Å². The Kier molecular flexibility index (Phi) is 3.51. The van der Waals surface area contributed by atoms with Gasteiger partial charge in [-0.3, -0.25) is 9.59 Å². The molecule has 1 heterocycles. The molecule has 2 rings (SSSR count). The summed E-state index contributed by atoms with van der Waals surface area (Å²) in [7, 11) is 0. The number of carbonyl (C=O) groups is 2. The number of aromatic hydroxyl groups is 1. The number of hydrogen-bond donors (Lipinski definition) is 2. The molecule has 1 aromatic rings. The SMILES string of the molecule is O=C1CN(C(=O)c2ccc(I)c(O)c2)CCN1. The Bertz CT molecular complexity index is 476. The second-order valence-corrected chi connectivity index (χ2v) is 4.91. The van der Waals surface area contributed by atoms with Crippen LogP contribution in [0.25, 0.3) is 0 Å². The van der Waals surface area contributed by atoms with E-state index >= 15 is 0 Å². The van der Waals surface area contributed by atoms with E-state index < -0.39 is 0 Å². The molecule has 0 unspecified atom stereocenters. The van der Waals surface area contributed by atoms with Gasteiger partial charge in [0.25, 0.3) is 5.91 Å². The van der Waals surface area contributed by atoms with Crippen LogP contribution in [-0.4, -0.2) is 41.5 Å². The highest BCUT2D eigenvalue weighted by molar-refractivity contribution is 14.1. The highest BCUT2D eigenvalue weighted by Crippen LogP contribution is 2.21. The smallest absolute Gasteiger partial charge is 0.254 e. The van der Waals surface area contributed by atoms with E-state index in [9.17, 15) is 14.7 Å². The van der Waals surface area contributed by atoms with Gasteiger partial charge in [-0.2, -0.15) is 0 Å². The molecule has 6 heteroatoms. The maximum absolute atomic E-state index is 12.0. The van der Waals surface area contributed by atoms with Crippen LogP contribution in [-0.2, 0) is 4.79 Å². The Labute approximate surface area is 112 Å². The zero-order chi connectivity index (χ0) is 12.4. The van der Waals surface area contributed by atoms with Crippen molar-refractivity contribution in [3.8, 4) is 5.75 Å². The minimum atomic E-state index is -0.230. The Morgan fingerprint density at radius 1 is 1.47 bits per heavy atom. The van der Waals surface area contributed by atoms with Gasteiger partial charge in [0.05, 0.1) is 10.1 Å². The molecule has 0 atom stereocenters. The molecular weight excluding hydrogens is 335 g/mol. The molecule has 1 saturated heterocycles. The van der Waals surface area contributed by atoms with Crippen LogP contribution in [0.2, 0.25) is 0 Å². The van der Waals surface area contributed by atoms with Gasteiger partial charge in [-0.05, 0) is 40.8 Å². The minimum absolute atomic E-state index is 0.0750. The Balaban J connectivity index is 2.18. The second-order valence-electron chi connectivity index (χ2n) is 3.74. The van der Waals surface area contributed by atoms with Crippen molar-refractivity contribution in [2.45, 2.75) is 0 Å². The first-order valence-electron chi connectivity index (χ1n) is 5.12. The average molecular weight is 346 g/mol. The molecule has 2 amide bonds. The van der Waals surface area contributed by atoms with E-state index in [1.165, 1.54) is 11.0 Å². The van der Waals surface area contributed by atoms with Gasteiger partial charge < -0.3 is 15.3 Å². The third-order valence-electron chi connectivity index (χ3n) is 2.52. The molecule has 1 aromatic carbocycles.